The standard InChI is InChI=1S/C12H15NO/c1-3-4-9-7-13-11-5-8(2)12(14)6-10(9)11/h5-7,13-14H,3-4H2,1-2H3. The van der Waals surface area contributed by atoms with Crippen LogP contribution in [0, 0.1) is 6.92 Å². The highest BCUT2D eigenvalue weighted by Gasteiger charge is 2.05. The van der Waals surface area contributed by atoms with Crippen LogP contribution in [0.2, 0.25) is 0 Å². The van der Waals surface area contributed by atoms with Crippen molar-refractivity contribution in [2.75, 3.05) is 0 Å². The molecule has 0 aliphatic rings. The van der Waals surface area contributed by atoms with E-state index in [1.807, 2.05) is 25.3 Å². The normalized spacial score (nSPS) is 11.0. The van der Waals surface area contributed by atoms with E-state index in [-0.39, 0.29) is 0 Å². The Morgan fingerprint density at radius 3 is 2.86 bits per heavy atom. The summed E-state index contributed by atoms with van der Waals surface area (Å²) in [7, 11) is 0. The molecule has 74 valence electrons. The molecular weight excluding hydrogens is 174 g/mol. The largest absolute Gasteiger partial charge is 0.508 e. The maximum Gasteiger partial charge on any atom is 0.119 e. The minimum Gasteiger partial charge on any atom is -0.508 e. The highest BCUT2D eigenvalue weighted by atomic mass is 16.3. The average molecular weight is 189 g/mol. The second kappa shape index (κ2) is 3.37. The van der Waals surface area contributed by atoms with Crippen LogP contribution in [-0.2, 0) is 6.42 Å². The van der Waals surface area contributed by atoms with E-state index in [1.54, 1.807) is 0 Å². The molecule has 0 fully saturated rings. The molecule has 1 aromatic carbocycles. The number of hydrogen-bond acceptors (Lipinski definition) is 1. The van der Waals surface area contributed by atoms with Crippen LogP contribution in [0.25, 0.3) is 10.9 Å². The molecule has 1 aromatic heterocycles. The fourth-order valence-corrected chi connectivity index (χ4v) is 1.80. The molecule has 0 radical (unpaired) electrons. The summed E-state index contributed by atoms with van der Waals surface area (Å²) in [4.78, 5) is 3.23. The Morgan fingerprint density at radius 2 is 2.14 bits per heavy atom. The van der Waals surface area contributed by atoms with Crippen LogP contribution in [-0.4, -0.2) is 10.1 Å². The summed E-state index contributed by atoms with van der Waals surface area (Å²) in [6, 6.07) is 3.84. The van der Waals surface area contributed by atoms with E-state index in [1.165, 1.54) is 5.56 Å². The Balaban J connectivity index is 2.61. The Morgan fingerprint density at radius 1 is 1.36 bits per heavy atom. The van der Waals surface area contributed by atoms with Gasteiger partial charge in [-0.1, -0.05) is 13.3 Å². The lowest BCUT2D eigenvalue weighted by Crippen LogP contribution is -1.80. The second-order valence-corrected chi connectivity index (χ2v) is 3.75. The van der Waals surface area contributed by atoms with E-state index in [4.69, 9.17) is 0 Å². The number of H-pyrrole nitrogens is 1. The predicted molar refractivity (Wildman–Crippen MR) is 58.7 cm³/mol. The molecule has 0 aliphatic carbocycles. The van der Waals surface area contributed by atoms with Crippen LogP contribution in [0.1, 0.15) is 24.5 Å². The van der Waals surface area contributed by atoms with Crippen molar-refractivity contribution in [3.8, 4) is 5.75 Å². The number of aromatic amines is 1. The van der Waals surface area contributed by atoms with Gasteiger partial charge in [-0.05, 0) is 36.6 Å². The number of aryl methyl sites for hydroxylation is 2. The van der Waals surface area contributed by atoms with Gasteiger partial charge >= 0.3 is 0 Å². The number of benzene rings is 1. The van der Waals surface area contributed by atoms with Gasteiger partial charge in [-0.3, -0.25) is 0 Å². The highest BCUT2D eigenvalue weighted by molar-refractivity contribution is 5.85. The van der Waals surface area contributed by atoms with E-state index in [9.17, 15) is 5.11 Å². The number of phenolic OH excluding ortho intramolecular Hbond substituents is 1. The van der Waals surface area contributed by atoms with Gasteiger partial charge < -0.3 is 10.1 Å². The van der Waals surface area contributed by atoms with Gasteiger partial charge in [0.15, 0.2) is 0 Å². The average Bonchev–Trinajstić information content (AvgIpc) is 2.51. The number of aromatic hydroxyl groups is 1. The fraction of sp³-hybridized carbons (Fsp3) is 0.333. The predicted octanol–water partition coefficient (Wildman–Crippen LogP) is 3.13. The maximum atomic E-state index is 9.61. The number of hydrogen-bond donors (Lipinski definition) is 2. The van der Waals surface area contributed by atoms with Gasteiger partial charge in [-0.25, -0.2) is 0 Å². The van der Waals surface area contributed by atoms with Crippen molar-refractivity contribution in [3.05, 3.63) is 29.5 Å². The van der Waals surface area contributed by atoms with Crippen molar-refractivity contribution >= 4 is 10.9 Å². The quantitative estimate of drug-likeness (QED) is 0.748. The van der Waals surface area contributed by atoms with Gasteiger partial charge in [0.25, 0.3) is 0 Å². The maximum absolute atomic E-state index is 9.61. The van der Waals surface area contributed by atoms with Crippen LogP contribution in [0.4, 0.5) is 0 Å². The van der Waals surface area contributed by atoms with Crippen molar-refractivity contribution in [2.24, 2.45) is 0 Å². The van der Waals surface area contributed by atoms with Crippen LogP contribution >= 0.6 is 0 Å². The number of fused-ring (bicyclic) bond motifs is 1. The highest BCUT2D eigenvalue weighted by Crippen LogP contribution is 2.26. The summed E-state index contributed by atoms with van der Waals surface area (Å²) >= 11 is 0. The first-order valence-electron chi connectivity index (χ1n) is 5.02. The summed E-state index contributed by atoms with van der Waals surface area (Å²) in [6.07, 6.45) is 4.22. The van der Waals surface area contributed by atoms with E-state index < -0.39 is 0 Å². The Kier molecular flexibility index (Phi) is 2.20. The van der Waals surface area contributed by atoms with E-state index >= 15 is 0 Å². The monoisotopic (exact) mass is 189 g/mol. The molecule has 2 nitrogen and oxygen atoms in total. The van der Waals surface area contributed by atoms with Gasteiger partial charge in [0.05, 0.1) is 0 Å². The molecule has 2 aromatic rings. The second-order valence-electron chi connectivity index (χ2n) is 3.75. The molecule has 2 N–H and O–H groups in total. The van der Waals surface area contributed by atoms with Gasteiger partial charge in [-0.2, -0.15) is 0 Å². The molecule has 0 aliphatic heterocycles. The van der Waals surface area contributed by atoms with Crippen molar-refractivity contribution in [2.45, 2.75) is 26.7 Å². The summed E-state index contributed by atoms with van der Waals surface area (Å²) < 4.78 is 0. The summed E-state index contributed by atoms with van der Waals surface area (Å²) in [5.74, 6) is 0.384. The molecule has 2 heteroatoms. The Hall–Kier alpha value is -1.44. The van der Waals surface area contributed by atoms with Gasteiger partial charge in [0.1, 0.15) is 5.75 Å². The van der Waals surface area contributed by atoms with Crippen LogP contribution in [0.15, 0.2) is 18.3 Å². The molecular formula is C12H15NO. The number of nitrogens with one attached hydrogen (secondary N) is 1. The molecule has 0 atom stereocenters. The molecule has 14 heavy (non-hydrogen) atoms. The zero-order chi connectivity index (χ0) is 10.1. The zero-order valence-electron chi connectivity index (χ0n) is 8.59. The smallest absolute Gasteiger partial charge is 0.119 e. The van der Waals surface area contributed by atoms with Crippen molar-refractivity contribution in [3.63, 3.8) is 0 Å². The molecule has 0 amide bonds. The van der Waals surface area contributed by atoms with E-state index in [0.717, 1.165) is 29.3 Å². The minimum absolute atomic E-state index is 0.384. The SMILES string of the molecule is CCCc1c[nH]c2cc(C)c(O)cc12. The lowest BCUT2D eigenvalue weighted by molar-refractivity contribution is 0.472. The van der Waals surface area contributed by atoms with Gasteiger partial charge in [0, 0.05) is 17.1 Å². The summed E-state index contributed by atoms with van der Waals surface area (Å²) in [6.45, 7) is 4.07. The fourth-order valence-electron chi connectivity index (χ4n) is 1.80. The van der Waals surface area contributed by atoms with Crippen LogP contribution < -0.4 is 0 Å². The molecule has 0 saturated carbocycles. The van der Waals surface area contributed by atoms with Crippen molar-refractivity contribution in [1.29, 1.82) is 0 Å². The van der Waals surface area contributed by atoms with Crippen molar-refractivity contribution in [1.82, 2.24) is 4.98 Å². The number of phenols is 1. The van der Waals surface area contributed by atoms with E-state index in [0.29, 0.717) is 5.75 Å². The third kappa shape index (κ3) is 1.37. The molecule has 0 bridgehead atoms. The Bertz CT molecular complexity index is 457. The van der Waals surface area contributed by atoms with E-state index in [2.05, 4.69) is 11.9 Å². The molecule has 0 spiro atoms. The topological polar surface area (TPSA) is 36.0 Å². The third-order valence-electron chi connectivity index (χ3n) is 2.60. The summed E-state index contributed by atoms with van der Waals surface area (Å²) in [5, 5.41) is 10.8. The third-order valence-corrected chi connectivity index (χ3v) is 2.60. The number of aromatic nitrogens is 1. The molecule has 0 saturated heterocycles. The van der Waals surface area contributed by atoms with Crippen LogP contribution in [0.3, 0.4) is 0 Å². The lowest BCUT2D eigenvalue weighted by Gasteiger charge is -2.00. The van der Waals surface area contributed by atoms with Gasteiger partial charge in [-0.15, -0.1) is 0 Å². The van der Waals surface area contributed by atoms with Crippen LogP contribution in [0.5, 0.6) is 5.75 Å². The molecule has 0 unspecified atom stereocenters. The zero-order valence-corrected chi connectivity index (χ0v) is 8.59. The van der Waals surface area contributed by atoms with Gasteiger partial charge in [0.2, 0.25) is 0 Å². The summed E-state index contributed by atoms with van der Waals surface area (Å²) in [5.41, 5.74) is 3.32. The van der Waals surface area contributed by atoms with Crippen molar-refractivity contribution < 1.29 is 5.11 Å². The number of rotatable bonds is 2. The Labute approximate surface area is 83.6 Å². The minimum atomic E-state index is 0.384. The first kappa shape index (κ1) is 9.13. The lowest BCUT2D eigenvalue weighted by atomic mass is 10.1. The first-order valence-corrected chi connectivity index (χ1v) is 5.02. The first-order chi connectivity index (χ1) is 6.72. The molecule has 2 rings (SSSR count). The molecule has 1 heterocycles.